The van der Waals surface area contributed by atoms with Crippen LogP contribution in [0.4, 0.5) is 0 Å². The maximum absolute atomic E-state index is 9.96. The number of aliphatic hydroxyl groups excluding tert-OH is 1. The summed E-state index contributed by atoms with van der Waals surface area (Å²) in [5, 5.41) is 22.3. The van der Waals surface area contributed by atoms with Crippen molar-refractivity contribution in [1.29, 1.82) is 0 Å². The third kappa shape index (κ3) is 9.08. The van der Waals surface area contributed by atoms with E-state index in [2.05, 4.69) is 94.8 Å². The van der Waals surface area contributed by atoms with Crippen LogP contribution in [-0.2, 0) is 0 Å². The number of hydrogen-bond donors (Lipinski definition) is 2. The zero-order valence-electron chi connectivity index (χ0n) is 39.1. The van der Waals surface area contributed by atoms with Gasteiger partial charge in [-0.3, -0.25) is 9.80 Å². The van der Waals surface area contributed by atoms with E-state index in [-0.39, 0.29) is 11.2 Å². The summed E-state index contributed by atoms with van der Waals surface area (Å²) in [4.78, 5) is 14.5. The van der Waals surface area contributed by atoms with Gasteiger partial charge in [0.25, 0.3) is 0 Å². The van der Waals surface area contributed by atoms with E-state index in [1.165, 1.54) is 97.1 Å². The summed E-state index contributed by atoms with van der Waals surface area (Å²) in [5.41, 5.74) is 10.0. The molecule has 3 aliphatic carbocycles. The average Bonchev–Trinajstić information content (AvgIpc) is 4.20. The second-order valence-corrected chi connectivity index (χ2v) is 22.1. The number of fused-ring (bicyclic) bond motifs is 2. The van der Waals surface area contributed by atoms with E-state index in [9.17, 15) is 5.11 Å². The van der Waals surface area contributed by atoms with Gasteiger partial charge in [-0.05, 0) is 177 Å². The molecule has 3 aromatic carbocycles. The lowest BCUT2D eigenvalue weighted by Gasteiger charge is -2.48. The van der Waals surface area contributed by atoms with Crippen molar-refractivity contribution >= 4 is 27.2 Å². The molecular formula is C55H62BrN9O3. The zero-order valence-corrected chi connectivity index (χ0v) is 40.7. The fraction of sp³-hybridized carbons (Fsp3) is 0.455. The fourth-order valence-corrected chi connectivity index (χ4v) is 11.6. The van der Waals surface area contributed by atoms with Gasteiger partial charge in [0.05, 0.1) is 23.0 Å². The molecule has 2 spiro atoms. The summed E-state index contributed by atoms with van der Waals surface area (Å²) in [6.45, 7) is 11.2. The van der Waals surface area contributed by atoms with Crippen LogP contribution in [-0.4, -0.2) is 108 Å². The molecule has 0 unspecified atom stereocenters. The molecule has 0 radical (unpaired) electrons. The second-order valence-electron chi connectivity index (χ2n) is 21.2. The Bertz CT molecular complexity index is 2890. The second kappa shape index (κ2) is 17.7. The van der Waals surface area contributed by atoms with Crippen molar-refractivity contribution in [1.82, 2.24) is 44.3 Å². The number of nitrogens with zero attached hydrogens (tertiary/aromatic N) is 8. The summed E-state index contributed by atoms with van der Waals surface area (Å²) in [6, 6.07) is 24.7. The molecule has 3 aliphatic heterocycles. The third-order valence-electron chi connectivity index (χ3n) is 16.3. The molecule has 0 bridgehead atoms. The molecule has 13 rings (SSSR count). The first-order valence-electron chi connectivity index (χ1n) is 25.0. The maximum atomic E-state index is 9.96. The lowest BCUT2D eigenvalue weighted by molar-refractivity contribution is 0.0135. The highest BCUT2D eigenvalue weighted by atomic mass is 79.9. The standard InChI is InChI=1S/C31H35N5O2.C24H27BrN4O/c1-22(37)24-3-2-4-25(15-24)28-17-34-36-18-26(16-33-29(28)36)23-5-7-27(8-6-23)38-31(9-10-31)21-35-13-11-30(12-14-35)19-32-20-30;25-21-15-27-29-16-19(14-26-22(21)29)18-2-4-20(5-3-18)30-24(8-9-24)17-28-12-10-23(11-13-28)6-1-7-23/h2-8,15-18,22,32,37H,9-14,19-21H2,1H3;2-5,14-16H,1,6-13,17H2/t22-;/m0./s1. The minimum Gasteiger partial charge on any atom is -0.486 e. The van der Waals surface area contributed by atoms with Gasteiger partial charge in [0, 0.05) is 67.7 Å². The highest BCUT2D eigenvalue weighted by Gasteiger charge is 2.50. The fourth-order valence-electron chi connectivity index (χ4n) is 11.2. The minimum atomic E-state index is -0.514. The Kier molecular flexibility index (Phi) is 11.4. The highest BCUT2D eigenvalue weighted by molar-refractivity contribution is 9.10. The lowest BCUT2D eigenvalue weighted by atomic mass is 9.63. The van der Waals surface area contributed by atoms with Gasteiger partial charge in [-0.25, -0.2) is 19.0 Å². The van der Waals surface area contributed by atoms with Gasteiger partial charge in [-0.2, -0.15) is 10.2 Å². The van der Waals surface area contributed by atoms with E-state index in [0.717, 1.165) is 92.1 Å². The van der Waals surface area contributed by atoms with Gasteiger partial charge in [0.1, 0.15) is 22.7 Å². The molecule has 7 heterocycles. The highest BCUT2D eigenvalue weighted by Crippen LogP contribution is 2.50. The van der Waals surface area contributed by atoms with Crippen LogP contribution in [0, 0.1) is 10.8 Å². The van der Waals surface area contributed by atoms with Crippen molar-refractivity contribution < 1.29 is 14.6 Å². The molecular weight excluding hydrogens is 915 g/mol. The van der Waals surface area contributed by atoms with E-state index in [1.54, 1.807) is 17.6 Å². The number of piperidine rings is 2. The molecule has 7 aromatic rings. The Hall–Kier alpha value is -5.18. The van der Waals surface area contributed by atoms with E-state index < -0.39 is 6.10 Å². The smallest absolute Gasteiger partial charge is 0.169 e. The Morgan fingerprint density at radius 3 is 1.63 bits per heavy atom. The van der Waals surface area contributed by atoms with Crippen LogP contribution >= 0.6 is 15.9 Å². The van der Waals surface area contributed by atoms with Crippen LogP contribution in [0.25, 0.3) is 44.7 Å². The van der Waals surface area contributed by atoms with Crippen molar-refractivity contribution in [2.45, 2.75) is 94.9 Å². The summed E-state index contributed by atoms with van der Waals surface area (Å²) in [6.07, 6.45) is 25.3. The third-order valence-corrected chi connectivity index (χ3v) is 16.8. The number of ether oxygens (including phenoxy) is 2. The van der Waals surface area contributed by atoms with Gasteiger partial charge in [-0.15, -0.1) is 0 Å². The summed E-state index contributed by atoms with van der Waals surface area (Å²) in [7, 11) is 0. The van der Waals surface area contributed by atoms with Gasteiger partial charge in [-0.1, -0.05) is 48.9 Å². The van der Waals surface area contributed by atoms with Gasteiger partial charge < -0.3 is 19.9 Å². The molecule has 352 valence electrons. The Balaban J connectivity index is 0.000000145. The number of likely N-dealkylation sites (tertiary alicyclic amines) is 2. The number of nitrogens with one attached hydrogen (secondary N) is 1. The quantitative estimate of drug-likeness (QED) is 0.123. The number of rotatable bonds is 12. The Morgan fingerprint density at radius 1 is 0.603 bits per heavy atom. The minimum absolute atomic E-state index is 0.0130. The molecule has 3 saturated carbocycles. The zero-order chi connectivity index (χ0) is 45.9. The molecule has 4 aromatic heterocycles. The summed E-state index contributed by atoms with van der Waals surface area (Å²) < 4.78 is 17.6. The van der Waals surface area contributed by atoms with Crippen LogP contribution < -0.4 is 14.8 Å². The molecule has 6 aliphatic rings. The molecule has 3 saturated heterocycles. The van der Waals surface area contributed by atoms with E-state index >= 15 is 0 Å². The van der Waals surface area contributed by atoms with Crippen molar-refractivity contribution in [3.8, 4) is 44.9 Å². The lowest BCUT2D eigenvalue weighted by Crippen LogP contribution is -2.58. The maximum Gasteiger partial charge on any atom is 0.169 e. The molecule has 12 nitrogen and oxygen atoms in total. The number of benzene rings is 3. The first-order valence-corrected chi connectivity index (χ1v) is 25.8. The van der Waals surface area contributed by atoms with E-state index in [0.29, 0.717) is 10.8 Å². The number of aliphatic hydroxyl groups is 1. The molecule has 0 amide bonds. The van der Waals surface area contributed by atoms with E-state index in [4.69, 9.17) is 14.5 Å². The summed E-state index contributed by atoms with van der Waals surface area (Å²) >= 11 is 3.47. The number of halogens is 1. The normalized spacial score (nSPS) is 21.4. The van der Waals surface area contributed by atoms with Crippen molar-refractivity contribution in [2.24, 2.45) is 10.8 Å². The first kappa shape index (κ1) is 44.1. The van der Waals surface area contributed by atoms with Crippen LogP contribution in [0.15, 0.2) is 114 Å². The molecule has 1 atom stereocenters. The van der Waals surface area contributed by atoms with Crippen molar-refractivity contribution in [2.75, 3.05) is 52.4 Å². The number of aromatic nitrogens is 6. The van der Waals surface area contributed by atoms with Crippen LogP contribution in [0.5, 0.6) is 11.5 Å². The van der Waals surface area contributed by atoms with Crippen molar-refractivity contribution in [3.05, 3.63) is 120 Å². The summed E-state index contributed by atoms with van der Waals surface area (Å²) in [5.74, 6) is 1.91. The van der Waals surface area contributed by atoms with Gasteiger partial charge >= 0.3 is 0 Å². The van der Waals surface area contributed by atoms with Gasteiger partial charge in [0.2, 0.25) is 0 Å². The molecule has 6 fully saturated rings. The van der Waals surface area contributed by atoms with Crippen molar-refractivity contribution in [3.63, 3.8) is 0 Å². The van der Waals surface area contributed by atoms with Gasteiger partial charge in [0.15, 0.2) is 11.3 Å². The number of hydrogen-bond acceptors (Lipinski definition) is 10. The predicted octanol–water partition coefficient (Wildman–Crippen LogP) is 10.0. The predicted molar refractivity (Wildman–Crippen MR) is 269 cm³/mol. The largest absolute Gasteiger partial charge is 0.486 e. The van der Waals surface area contributed by atoms with Crippen LogP contribution in [0.1, 0.15) is 89.2 Å². The SMILES string of the molecule is Brc1cnn2cc(-c3ccc(OC4(CN5CCC6(CCC6)CC5)CC4)cc3)cnc12.C[C@H](O)c1cccc(-c2cnn3cc(-c4ccc(OC5(CN6CCC7(CC6)CNC7)CC5)cc4)cnc23)c1. The first-order chi connectivity index (χ1) is 33.1. The molecule has 68 heavy (non-hydrogen) atoms. The Morgan fingerprint density at radius 2 is 1.13 bits per heavy atom. The Labute approximate surface area is 407 Å². The monoisotopic (exact) mass is 975 g/mol. The van der Waals surface area contributed by atoms with Crippen LogP contribution in [0.3, 0.4) is 0 Å². The average molecular weight is 977 g/mol. The van der Waals surface area contributed by atoms with Crippen LogP contribution in [0.2, 0.25) is 0 Å². The molecule has 2 N–H and O–H groups in total. The topological polar surface area (TPSA) is 118 Å². The van der Waals surface area contributed by atoms with E-state index in [1.807, 2.05) is 59.8 Å². The molecule has 13 heteroatoms.